The van der Waals surface area contributed by atoms with Gasteiger partial charge in [0.2, 0.25) is 0 Å². The third-order valence-electron chi connectivity index (χ3n) is 3.25. The summed E-state index contributed by atoms with van der Waals surface area (Å²) in [7, 11) is 0. The van der Waals surface area contributed by atoms with Gasteiger partial charge in [-0.15, -0.1) is 0 Å². The minimum Gasteiger partial charge on any atom is -0.312 e. The predicted octanol–water partition coefficient (Wildman–Crippen LogP) is 1.77. The van der Waals surface area contributed by atoms with Crippen LogP contribution in [0.4, 0.5) is 0 Å². The van der Waals surface area contributed by atoms with Crippen LogP contribution in [0.5, 0.6) is 0 Å². The van der Waals surface area contributed by atoms with Crippen LogP contribution in [0.25, 0.3) is 0 Å². The lowest BCUT2D eigenvalue weighted by atomic mass is 10.1. The summed E-state index contributed by atoms with van der Waals surface area (Å²) in [4.78, 5) is 19.5. The molecule has 0 aliphatic carbocycles. The zero-order valence-electron chi connectivity index (χ0n) is 10.4. The van der Waals surface area contributed by atoms with E-state index in [1.165, 1.54) is 0 Å². The lowest BCUT2D eigenvalue weighted by Gasteiger charge is -2.15. The first-order valence-corrected chi connectivity index (χ1v) is 7.08. The van der Waals surface area contributed by atoms with E-state index in [0.29, 0.717) is 13.0 Å². The molecule has 1 aliphatic heterocycles. The molecule has 0 unspecified atom stereocenters. The second kappa shape index (κ2) is 5.27. The number of H-pyrrole nitrogens is 1. The number of hydrogen-bond donors (Lipinski definition) is 2. The van der Waals surface area contributed by atoms with Gasteiger partial charge >= 0.3 is 0 Å². The molecule has 1 aromatic heterocycles. The molecule has 19 heavy (non-hydrogen) atoms. The van der Waals surface area contributed by atoms with E-state index < -0.39 is 0 Å². The number of halogens is 1. The van der Waals surface area contributed by atoms with Gasteiger partial charge in [0.15, 0.2) is 0 Å². The Morgan fingerprint density at radius 2 is 2.26 bits per heavy atom. The lowest BCUT2D eigenvalue weighted by molar-refractivity contribution is 0.615. The van der Waals surface area contributed by atoms with Crippen LogP contribution < -0.4 is 10.9 Å². The predicted molar refractivity (Wildman–Crippen MR) is 77.2 cm³/mol. The number of rotatable bonds is 2. The summed E-state index contributed by atoms with van der Waals surface area (Å²) in [6, 6.07) is 8.05. The van der Waals surface area contributed by atoms with Crippen molar-refractivity contribution in [3.8, 4) is 0 Å². The van der Waals surface area contributed by atoms with E-state index in [4.69, 9.17) is 0 Å². The summed E-state index contributed by atoms with van der Waals surface area (Å²) in [5.74, 6) is 0.740. The van der Waals surface area contributed by atoms with Gasteiger partial charge in [-0.05, 0) is 17.7 Å². The highest BCUT2D eigenvalue weighted by atomic mass is 79.9. The van der Waals surface area contributed by atoms with Gasteiger partial charge in [0.25, 0.3) is 5.56 Å². The average molecular weight is 320 g/mol. The van der Waals surface area contributed by atoms with Crippen LogP contribution in [0.2, 0.25) is 0 Å². The largest absolute Gasteiger partial charge is 0.312 e. The van der Waals surface area contributed by atoms with E-state index in [-0.39, 0.29) is 5.56 Å². The topological polar surface area (TPSA) is 57.8 Å². The van der Waals surface area contributed by atoms with Crippen LogP contribution >= 0.6 is 15.9 Å². The molecule has 0 saturated heterocycles. The monoisotopic (exact) mass is 319 g/mol. The van der Waals surface area contributed by atoms with Crippen LogP contribution in [-0.4, -0.2) is 16.5 Å². The summed E-state index contributed by atoms with van der Waals surface area (Å²) in [6.45, 7) is 1.51. The molecule has 0 radical (unpaired) electrons. The van der Waals surface area contributed by atoms with Gasteiger partial charge < -0.3 is 10.3 Å². The minimum absolute atomic E-state index is 0.0119. The van der Waals surface area contributed by atoms with Crippen molar-refractivity contribution in [2.24, 2.45) is 0 Å². The fourth-order valence-corrected chi connectivity index (χ4v) is 2.78. The Labute approximate surface area is 119 Å². The molecular formula is C14H14BrN3O. The van der Waals surface area contributed by atoms with Crippen molar-refractivity contribution in [1.82, 2.24) is 15.3 Å². The molecule has 5 heteroatoms. The van der Waals surface area contributed by atoms with Gasteiger partial charge in [0.1, 0.15) is 5.82 Å². The molecule has 0 bridgehead atoms. The third kappa shape index (κ3) is 2.77. The fourth-order valence-electron chi connectivity index (χ4n) is 2.33. The first-order chi connectivity index (χ1) is 9.22. The number of fused-ring (bicyclic) bond motifs is 1. The molecule has 2 aromatic rings. The quantitative estimate of drug-likeness (QED) is 0.887. The summed E-state index contributed by atoms with van der Waals surface area (Å²) >= 11 is 3.45. The van der Waals surface area contributed by atoms with Gasteiger partial charge in [-0.25, -0.2) is 4.98 Å². The minimum atomic E-state index is -0.0119. The SMILES string of the molecule is O=c1[nH]c(Cc2cccc(Br)c2)nc2c1CNCC2. The molecule has 3 rings (SSSR count). The molecule has 0 fully saturated rings. The number of nitrogens with zero attached hydrogens (tertiary/aromatic N) is 1. The highest BCUT2D eigenvalue weighted by Crippen LogP contribution is 2.14. The third-order valence-corrected chi connectivity index (χ3v) is 3.74. The van der Waals surface area contributed by atoms with E-state index in [1.54, 1.807) is 0 Å². The molecular weight excluding hydrogens is 306 g/mol. The number of aromatic nitrogens is 2. The summed E-state index contributed by atoms with van der Waals surface area (Å²) in [5, 5.41) is 3.19. The zero-order valence-corrected chi connectivity index (χ0v) is 12.0. The molecule has 0 amide bonds. The maximum atomic E-state index is 12.0. The van der Waals surface area contributed by atoms with Crippen molar-refractivity contribution in [1.29, 1.82) is 0 Å². The molecule has 1 aromatic carbocycles. The maximum absolute atomic E-state index is 12.0. The van der Waals surface area contributed by atoms with Crippen LogP contribution in [0.15, 0.2) is 33.5 Å². The van der Waals surface area contributed by atoms with E-state index in [9.17, 15) is 4.79 Å². The van der Waals surface area contributed by atoms with Crippen molar-refractivity contribution < 1.29 is 0 Å². The van der Waals surface area contributed by atoms with E-state index in [0.717, 1.165) is 40.1 Å². The zero-order chi connectivity index (χ0) is 13.2. The molecule has 1 aliphatic rings. The van der Waals surface area contributed by atoms with Crippen LogP contribution in [0.1, 0.15) is 22.6 Å². The van der Waals surface area contributed by atoms with Crippen molar-refractivity contribution >= 4 is 15.9 Å². The smallest absolute Gasteiger partial charge is 0.255 e. The molecule has 2 N–H and O–H groups in total. The van der Waals surface area contributed by atoms with Crippen LogP contribution in [0, 0.1) is 0 Å². The van der Waals surface area contributed by atoms with E-state index in [2.05, 4.69) is 31.2 Å². The molecule has 4 nitrogen and oxygen atoms in total. The van der Waals surface area contributed by atoms with Gasteiger partial charge in [0.05, 0.1) is 11.3 Å². The summed E-state index contributed by atoms with van der Waals surface area (Å²) in [5.41, 5.74) is 2.84. The number of aromatic amines is 1. The Balaban J connectivity index is 1.94. The Morgan fingerprint density at radius 3 is 3.11 bits per heavy atom. The highest BCUT2D eigenvalue weighted by Gasteiger charge is 2.15. The summed E-state index contributed by atoms with van der Waals surface area (Å²) < 4.78 is 1.04. The first kappa shape index (κ1) is 12.6. The maximum Gasteiger partial charge on any atom is 0.255 e. The van der Waals surface area contributed by atoms with Crippen molar-refractivity contribution in [3.63, 3.8) is 0 Å². The fraction of sp³-hybridized carbons (Fsp3) is 0.286. The Hall–Kier alpha value is -1.46. The molecule has 0 saturated carbocycles. The van der Waals surface area contributed by atoms with Crippen molar-refractivity contribution in [2.75, 3.05) is 6.54 Å². The molecule has 0 atom stereocenters. The van der Waals surface area contributed by atoms with Gasteiger partial charge in [-0.1, -0.05) is 28.1 Å². The second-order valence-electron chi connectivity index (χ2n) is 4.67. The average Bonchev–Trinajstić information content (AvgIpc) is 2.39. The first-order valence-electron chi connectivity index (χ1n) is 6.28. The number of hydrogen-bond acceptors (Lipinski definition) is 3. The van der Waals surface area contributed by atoms with Gasteiger partial charge in [-0.3, -0.25) is 4.79 Å². The normalized spacial score (nSPS) is 14.2. The van der Waals surface area contributed by atoms with Gasteiger partial charge in [-0.2, -0.15) is 0 Å². The summed E-state index contributed by atoms with van der Waals surface area (Å²) in [6.07, 6.45) is 1.47. The number of benzene rings is 1. The van der Waals surface area contributed by atoms with E-state index >= 15 is 0 Å². The van der Waals surface area contributed by atoms with Crippen molar-refractivity contribution in [2.45, 2.75) is 19.4 Å². The highest BCUT2D eigenvalue weighted by molar-refractivity contribution is 9.10. The Kier molecular flexibility index (Phi) is 3.48. The standard InChI is InChI=1S/C14H14BrN3O/c15-10-3-1-2-9(6-10)7-13-17-12-4-5-16-8-11(12)14(19)18-13/h1-3,6,16H,4-5,7-8H2,(H,17,18,19). The number of nitrogens with one attached hydrogen (secondary N) is 2. The Morgan fingerprint density at radius 1 is 1.37 bits per heavy atom. The molecule has 0 spiro atoms. The lowest BCUT2D eigenvalue weighted by Crippen LogP contribution is -2.32. The van der Waals surface area contributed by atoms with Crippen LogP contribution in [0.3, 0.4) is 0 Å². The Bertz CT molecular complexity index is 666. The second-order valence-corrected chi connectivity index (χ2v) is 5.59. The van der Waals surface area contributed by atoms with Gasteiger partial charge in [0, 0.05) is 30.4 Å². The van der Waals surface area contributed by atoms with Crippen molar-refractivity contribution in [3.05, 3.63) is 61.7 Å². The molecule has 2 heterocycles. The van der Waals surface area contributed by atoms with Crippen LogP contribution in [-0.2, 0) is 19.4 Å². The van der Waals surface area contributed by atoms with E-state index in [1.807, 2.05) is 24.3 Å². The molecule has 98 valence electrons.